The lowest BCUT2D eigenvalue weighted by Gasteiger charge is -2.25. The van der Waals surface area contributed by atoms with Gasteiger partial charge in [0.2, 0.25) is 0 Å². The topological polar surface area (TPSA) is 94.2 Å². The summed E-state index contributed by atoms with van der Waals surface area (Å²) in [7, 11) is 0. The van der Waals surface area contributed by atoms with Crippen molar-refractivity contribution < 1.29 is 18.7 Å². The second-order valence-electron chi connectivity index (χ2n) is 9.17. The van der Waals surface area contributed by atoms with E-state index in [1.54, 1.807) is 12.1 Å². The zero-order chi connectivity index (χ0) is 27.2. The van der Waals surface area contributed by atoms with Crippen LogP contribution >= 0.6 is 11.6 Å². The first kappa shape index (κ1) is 27.4. The molecule has 4 aromatic rings. The molecule has 0 aliphatic carbocycles. The molecule has 0 unspecified atom stereocenters. The van der Waals surface area contributed by atoms with Crippen molar-refractivity contribution in [1.82, 2.24) is 15.6 Å². The standard InChI is InChI=1S/C29H28ClF2N3O3/c1-2-17-4-3-5-18(8-17)15-33-16-28(37)25(11-19-9-21(31)13-22(32)10-19)35-29(38)26-14-27(36)23-12-20(30)6-7-24(23)34-26/h3-10,12-14,25,28,33,37H,2,11,15-16H2,1H3,(H,34,36)(H,35,38)/t25-,28+/m0/s1. The molecule has 0 aliphatic heterocycles. The van der Waals surface area contributed by atoms with E-state index in [4.69, 9.17) is 11.6 Å². The van der Waals surface area contributed by atoms with Gasteiger partial charge in [-0.05, 0) is 59.9 Å². The van der Waals surface area contributed by atoms with Crippen LogP contribution in [-0.2, 0) is 19.4 Å². The fourth-order valence-corrected chi connectivity index (χ4v) is 4.49. The summed E-state index contributed by atoms with van der Waals surface area (Å²) in [4.78, 5) is 28.6. The fraction of sp³-hybridized carbons (Fsp3) is 0.241. The smallest absolute Gasteiger partial charge is 0.268 e. The molecule has 38 heavy (non-hydrogen) atoms. The average Bonchev–Trinajstić information content (AvgIpc) is 2.88. The van der Waals surface area contributed by atoms with E-state index in [0.29, 0.717) is 22.5 Å². The van der Waals surface area contributed by atoms with Gasteiger partial charge in [-0.15, -0.1) is 0 Å². The second kappa shape index (κ2) is 12.3. The van der Waals surface area contributed by atoms with Crippen LogP contribution in [0.5, 0.6) is 0 Å². The Kier molecular flexibility index (Phi) is 8.89. The predicted octanol–water partition coefficient (Wildman–Crippen LogP) is 4.51. The number of nitrogens with one attached hydrogen (secondary N) is 3. The van der Waals surface area contributed by atoms with E-state index in [9.17, 15) is 23.5 Å². The third-order valence-electron chi connectivity index (χ3n) is 6.28. The monoisotopic (exact) mass is 539 g/mol. The van der Waals surface area contributed by atoms with Gasteiger partial charge in [-0.3, -0.25) is 9.59 Å². The Balaban J connectivity index is 1.52. The summed E-state index contributed by atoms with van der Waals surface area (Å²) < 4.78 is 27.7. The highest BCUT2D eigenvalue weighted by molar-refractivity contribution is 6.31. The van der Waals surface area contributed by atoms with Crippen LogP contribution in [0, 0.1) is 11.6 Å². The summed E-state index contributed by atoms with van der Waals surface area (Å²) >= 11 is 5.97. The Hall–Kier alpha value is -3.59. The van der Waals surface area contributed by atoms with E-state index in [0.717, 1.165) is 36.2 Å². The molecule has 4 rings (SSSR count). The first-order chi connectivity index (χ1) is 18.2. The van der Waals surface area contributed by atoms with Gasteiger partial charge >= 0.3 is 0 Å². The van der Waals surface area contributed by atoms with Gasteiger partial charge < -0.3 is 20.7 Å². The van der Waals surface area contributed by atoms with Gasteiger partial charge in [-0.2, -0.15) is 0 Å². The van der Waals surface area contributed by atoms with Crippen LogP contribution in [0.15, 0.2) is 71.5 Å². The zero-order valence-corrected chi connectivity index (χ0v) is 21.5. The number of aromatic amines is 1. The maximum absolute atomic E-state index is 13.8. The molecule has 0 radical (unpaired) electrons. The van der Waals surface area contributed by atoms with E-state index in [-0.39, 0.29) is 24.2 Å². The van der Waals surface area contributed by atoms with Crippen molar-refractivity contribution in [3.8, 4) is 0 Å². The highest BCUT2D eigenvalue weighted by atomic mass is 35.5. The van der Waals surface area contributed by atoms with Gasteiger partial charge in [0.05, 0.1) is 12.1 Å². The molecule has 0 fully saturated rings. The molecule has 1 aromatic heterocycles. The van der Waals surface area contributed by atoms with E-state index in [2.05, 4.69) is 28.6 Å². The van der Waals surface area contributed by atoms with Crippen LogP contribution in [-0.4, -0.2) is 34.7 Å². The molecule has 4 N–H and O–H groups in total. The predicted molar refractivity (Wildman–Crippen MR) is 144 cm³/mol. The van der Waals surface area contributed by atoms with Crippen molar-refractivity contribution >= 4 is 28.4 Å². The number of hydrogen-bond donors (Lipinski definition) is 4. The van der Waals surface area contributed by atoms with Gasteiger partial charge in [0, 0.05) is 41.1 Å². The minimum absolute atomic E-state index is 0.0169. The van der Waals surface area contributed by atoms with Gasteiger partial charge in [0.15, 0.2) is 5.43 Å². The molecular formula is C29H28ClF2N3O3. The number of rotatable bonds is 10. The van der Waals surface area contributed by atoms with Gasteiger partial charge in [-0.1, -0.05) is 42.8 Å². The number of aromatic nitrogens is 1. The fourth-order valence-electron chi connectivity index (χ4n) is 4.32. The number of carbonyl (C=O) groups is 1. The van der Waals surface area contributed by atoms with Gasteiger partial charge in [-0.25, -0.2) is 8.78 Å². The molecule has 0 spiro atoms. The summed E-state index contributed by atoms with van der Waals surface area (Å²) in [5, 5.41) is 17.6. The number of benzene rings is 3. The molecule has 0 bridgehead atoms. The molecule has 0 saturated heterocycles. The van der Waals surface area contributed by atoms with Crippen molar-refractivity contribution in [3.63, 3.8) is 0 Å². The second-order valence-corrected chi connectivity index (χ2v) is 9.61. The molecule has 6 nitrogen and oxygen atoms in total. The molecular weight excluding hydrogens is 512 g/mol. The minimum Gasteiger partial charge on any atom is -0.390 e. The van der Waals surface area contributed by atoms with Crippen molar-refractivity contribution in [3.05, 3.63) is 116 Å². The minimum atomic E-state index is -1.11. The summed E-state index contributed by atoms with van der Waals surface area (Å²) in [6, 6.07) is 16.0. The van der Waals surface area contributed by atoms with Crippen molar-refractivity contribution in [2.45, 2.75) is 38.5 Å². The molecule has 1 amide bonds. The summed E-state index contributed by atoms with van der Waals surface area (Å²) in [6.07, 6.45) is -0.244. The summed E-state index contributed by atoms with van der Waals surface area (Å²) in [5.74, 6) is -2.16. The number of aryl methyl sites for hydroxylation is 1. The van der Waals surface area contributed by atoms with Gasteiger partial charge in [0.1, 0.15) is 17.3 Å². The van der Waals surface area contributed by atoms with E-state index < -0.39 is 35.1 Å². The lowest BCUT2D eigenvalue weighted by atomic mass is 10.00. The van der Waals surface area contributed by atoms with Crippen LogP contribution in [0.25, 0.3) is 10.9 Å². The van der Waals surface area contributed by atoms with Crippen LogP contribution in [0.4, 0.5) is 8.78 Å². The highest BCUT2D eigenvalue weighted by Crippen LogP contribution is 2.16. The Morgan fingerprint density at radius 1 is 1.00 bits per heavy atom. The number of amides is 1. The Morgan fingerprint density at radius 3 is 2.47 bits per heavy atom. The van der Waals surface area contributed by atoms with Gasteiger partial charge in [0.25, 0.3) is 5.91 Å². The van der Waals surface area contributed by atoms with Crippen LogP contribution in [0.2, 0.25) is 5.02 Å². The number of hydrogen-bond acceptors (Lipinski definition) is 4. The number of halogens is 3. The molecule has 1 heterocycles. The lowest BCUT2D eigenvalue weighted by Crippen LogP contribution is -2.49. The third kappa shape index (κ3) is 7.04. The molecule has 198 valence electrons. The average molecular weight is 540 g/mol. The lowest BCUT2D eigenvalue weighted by molar-refractivity contribution is 0.0825. The zero-order valence-electron chi connectivity index (χ0n) is 20.7. The normalized spacial score (nSPS) is 12.9. The number of aliphatic hydroxyl groups is 1. The number of aliphatic hydroxyl groups excluding tert-OH is 1. The molecule has 3 aromatic carbocycles. The molecule has 9 heteroatoms. The number of pyridine rings is 1. The molecule has 0 aliphatic rings. The maximum Gasteiger partial charge on any atom is 0.268 e. The van der Waals surface area contributed by atoms with Crippen LogP contribution in [0.1, 0.15) is 34.1 Å². The summed E-state index contributed by atoms with van der Waals surface area (Å²) in [5.41, 5.74) is 2.51. The summed E-state index contributed by atoms with van der Waals surface area (Å²) in [6.45, 7) is 2.66. The van der Waals surface area contributed by atoms with Crippen molar-refractivity contribution in [2.24, 2.45) is 0 Å². The Morgan fingerprint density at radius 2 is 1.74 bits per heavy atom. The highest BCUT2D eigenvalue weighted by Gasteiger charge is 2.24. The molecule has 2 atom stereocenters. The largest absolute Gasteiger partial charge is 0.390 e. The number of fused-ring (bicyclic) bond motifs is 1. The van der Waals surface area contributed by atoms with Crippen molar-refractivity contribution in [2.75, 3.05) is 6.54 Å². The first-order valence-electron chi connectivity index (χ1n) is 12.3. The number of carbonyl (C=O) groups excluding carboxylic acids is 1. The third-order valence-corrected chi connectivity index (χ3v) is 6.51. The first-order valence-corrected chi connectivity index (χ1v) is 12.6. The molecule has 0 saturated carbocycles. The van der Waals surface area contributed by atoms with E-state index in [1.165, 1.54) is 11.6 Å². The Bertz CT molecular complexity index is 1490. The van der Waals surface area contributed by atoms with E-state index in [1.807, 2.05) is 18.2 Å². The van der Waals surface area contributed by atoms with E-state index >= 15 is 0 Å². The van der Waals surface area contributed by atoms with Crippen molar-refractivity contribution in [1.29, 1.82) is 0 Å². The quantitative estimate of drug-likeness (QED) is 0.238. The SMILES string of the molecule is CCc1cccc(CNC[C@@H](O)[C@H](Cc2cc(F)cc(F)c2)NC(=O)c2cc(=O)c3cc(Cl)ccc3[nH]2)c1. The maximum atomic E-state index is 13.8. The Labute approximate surface area is 223 Å². The number of H-pyrrole nitrogens is 1. The van der Waals surface area contributed by atoms with Crippen LogP contribution in [0.3, 0.4) is 0 Å². The van der Waals surface area contributed by atoms with Crippen LogP contribution < -0.4 is 16.1 Å².